The molecule has 0 fully saturated rings. The topological polar surface area (TPSA) is 73.5 Å². The quantitative estimate of drug-likeness (QED) is 0.403. The van der Waals surface area contributed by atoms with Crippen molar-refractivity contribution >= 4 is 49.5 Å². The first kappa shape index (κ1) is 21.3. The lowest BCUT2D eigenvalue weighted by atomic mass is 10.2. The zero-order valence-corrected chi connectivity index (χ0v) is 18.3. The number of hydrogen-bond donors (Lipinski definition) is 0. The Morgan fingerprint density at radius 2 is 1.86 bits per heavy atom. The number of rotatable bonds is 8. The number of hydrogen-bond acceptors (Lipinski definition) is 6. The zero-order chi connectivity index (χ0) is 21.0. The van der Waals surface area contributed by atoms with Gasteiger partial charge in [0, 0.05) is 38.0 Å². The molecule has 3 rings (SSSR count). The van der Waals surface area contributed by atoms with Gasteiger partial charge in [0.25, 0.3) is 5.01 Å². The zero-order valence-electron chi connectivity index (χ0n) is 16.7. The van der Waals surface area contributed by atoms with Crippen molar-refractivity contribution in [1.29, 1.82) is 0 Å². The van der Waals surface area contributed by atoms with Gasteiger partial charge in [-0.3, -0.25) is 0 Å². The third kappa shape index (κ3) is 5.56. The molecule has 0 aliphatic carbocycles. The van der Waals surface area contributed by atoms with Crippen LogP contribution in [-0.4, -0.2) is 39.9 Å². The summed E-state index contributed by atoms with van der Waals surface area (Å²) < 4.78 is 41.4. The van der Waals surface area contributed by atoms with Gasteiger partial charge in [0.1, 0.15) is 10.4 Å². The van der Waals surface area contributed by atoms with Crippen LogP contribution in [-0.2, 0) is 16.7 Å². The Labute approximate surface area is 175 Å². The number of aromatic nitrogens is 1. The average Bonchev–Trinajstić information content (AvgIpc) is 3.02. The van der Waals surface area contributed by atoms with Crippen LogP contribution in [0.25, 0.3) is 22.4 Å². The molecule has 0 amide bonds. The lowest BCUT2D eigenvalue weighted by molar-refractivity contribution is -0.668. The highest BCUT2D eigenvalue weighted by Gasteiger charge is 2.19. The Bertz CT molecular complexity index is 1120. The van der Waals surface area contributed by atoms with E-state index in [1.807, 2.05) is 53.9 Å². The van der Waals surface area contributed by atoms with Gasteiger partial charge in [0.2, 0.25) is 5.52 Å². The first-order chi connectivity index (χ1) is 13.8. The first-order valence-corrected chi connectivity index (χ1v) is 11.6. The first-order valence-electron chi connectivity index (χ1n) is 9.16. The van der Waals surface area contributed by atoms with Gasteiger partial charge in [-0.1, -0.05) is 23.5 Å². The molecule has 0 spiro atoms. The van der Waals surface area contributed by atoms with Crippen LogP contribution in [0.1, 0.15) is 17.0 Å². The molecule has 0 aliphatic heterocycles. The number of fused-ring (bicyclic) bond motifs is 1. The lowest BCUT2D eigenvalue weighted by Gasteiger charge is -2.11. The fourth-order valence-electron chi connectivity index (χ4n) is 3.01. The summed E-state index contributed by atoms with van der Waals surface area (Å²) >= 11 is 1.61. The van der Waals surface area contributed by atoms with E-state index in [1.165, 1.54) is 0 Å². The van der Waals surface area contributed by atoms with E-state index in [1.54, 1.807) is 18.4 Å². The second kappa shape index (κ2) is 8.94. The normalized spacial score (nSPS) is 12.0. The third-order valence-electron chi connectivity index (χ3n) is 4.54. The molecule has 1 aromatic heterocycles. The standard InChI is InChI=1S/C21H24N2O4S2/c1-22(2)17-8-5-16(6-9-17)7-12-21-23(13-4-14-29(24,25)26)19-15-18(27-3)10-11-20(19)28-21/h5-12,15H,4,13-14H2,1-3H3. The van der Waals surface area contributed by atoms with E-state index in [-0.39, 0.29) is 12.2 Å². The van der Waals surface area contributed by atoms with Crippen LogP contribution in [0, 0.1) is 0 Å². The maximum atomic E-state index is 11.0. The van der Waals surface area contributed by atoms with Crippen LogP contribution in [0.15, 0.2) is 42.5 Å². The molecule has 0 saturated heterocycles. The SMILES string of the molecule is COc1ccc2sc(/C=C/c3ccc(N(C)C)cc3)[n+](CCCS(=O)(=O)[O-])c2c1. The van der Waals surface area contributed by atoms with Gasteiger partial charge in [0.15, 0.2) is 6.54 Å². The minimum atomic E-state index is -4.23. The number of methoxy groups -OCH3 is 1. The number of aryl methyl sites for hydroxylation is 1. The van der Waals surface area contributed by atoms with E-state index >= 15 is 0 Å². The highest BCUT2D eigenvalue weighted by Crippen LogP contribution is 2.26. The van der Waals surface area contributed by atoms with Crippen molar-refractivity contribution < 1.29 is 22.3 Å². The molecule has 0 aliphatic rings. The Hall–Kier alpha value is -2.42. The summed E-state index contributed by atoms with van der Waals surface area (Å²) in [5.41, 5.74) is 3.16. The van der Waals surface area contributed by atoms with Gasteiger partial charge >= 0.3 is 0 Å². The van der Waals surface area contributed by atoms with Crippen molar-refractivity contribution in [3.63, 3.8) is 0 Å². The Morgan fingerprint density at radius 3 is 2.48 bits per heavy atom. The van der Waals surface area contributed by atoms with E-state index in [9.17, 15) is 13.0 Å². The minimum absolute atomic E-state index is 0.262. The maximum absolute atomic E-state index is 11.0. The monoisotopic (exact) mass is 432 g/mol. The highest BCUT2D eigenvalue weighted by atomic mass is 32.2. The maximum Gasteiger partial charge on any atom is 0.262 e. The predicted molar refractivity (Wildman–Crippen MR) is 117 cm³/mol. The van der Waals surface area contributed by atoms with Crippen molar-refractivity contribution in [2.24, 2.45) is 0 Å². The van der Waals surface area contributed by atoms with Crippen LogP contribution in [0.5, 0.6) is 5.75 Å². The van der Waals surface area contributed by atoms with Crippen LogP contribution in [0.2, 0.25) is 0 Å². The Balaban J connectivity index is 1.93. The smallest absolute Gasteiger partial charge is 0.262 e. The van der Waals surface area contributed by atoms with Gasteiger partial charge < -0.3 is 14.2 Å². The second-order valence-corrected chi connectivity index (χ2v) is 9.45. The summed E-state index contributed by atoms with van der Waals surface area (Å²) in [6.45, 7) is 0.438. The molecule has 0 saturated carbocycles. The van der Waals surface area contributed by atoms with Crippen LogP contribution >= 0.6 is 11.3 Å². The Kier molecular flexibility index (Phi) is 6.56. The minimum Gasteiger partial charge on any atom is -0.748 e. The molecule has 0 unspecified atom stereocenters. The fourth-order valence-corrected chi connectivity index (χ4v) is 4.57. The molecule has 29 heavy (non-hydrogen) atoms. The summed E-state index contributed by atoms with van der Waals surface area (Å²) in [7, 11) is 1.38. The number of ether oxygens (including phenoxy) is 1. The second-order valence-electron chi connectivity index (χ2n) is 6.86. The average molecular weight is 433 g/mol. The van der Waals surface area contributed by atoms with Gasteiger partial charge in [-0.2, -0.15) is 4.57 Å². The molecular formula is C21H24N2O4S2. The number of benzene rings is 2. The van der Waals surface area contributed by atoms with Crippen LogP contribution in [0.3, 0.4) is 0 Å². The van der Waals surface area contributed by atoms with Crippen molar-refractivity contribution in [1.82, 2.24) is 0 Å². The van der Waals surface area contributed by atoms with Crippen molar-refractivity contribution in [2.45, 2.75) is 13.0 Å². The summed E-state index contributed by atoms with van der Waals surface area (Å²) in [5, 5.41) is 0.980. The molecule has 0 N–H and O–H groups in total. The van der Waals surface area contributed by atoms with Gasteiger partial charge in [-0.15, -0.1) is 0 Å². The molecule has 3 aromatic rings. The summed E-state index contributed by atoms with van der Waals surface area (Å²) in [6.07, 6.45) is 4.31. The molecule has 8 heteroatoms. The molecule has 6 nitrogen and oxygen atoms in total. The predicted octanol–water partition coefficient (Wildman–Crippen LogP) is 3.37. The molecule has 0 bridgehead atoms. The highest BCUT2D eigenvalue weighted by molar-refractivity contribution is 7.85. The summed E-state index contributed by atoms with van der Waals surface area (Å²) in [5.74, 6) is 0.353. The molecule has 2 aromatic carbocycles. The van der Waals surface area contributed by atoms with E-state index in [0.717, 1.165) is 32.2 Å². The molecule has 0 atom stereocenters. The summed E-state index contributed by atoms with van der Waals surface area (Å²) in [4.78, 5) is 2.05. The molecule has 1 heterocycles. The van der Waals surface area contributed by atoms with Crippen LogP contribution < -0.4 is 14.2 Å². The number of anilines is 1. The van der Waals surface area contributed by atoms with Crippen LogP contribution in [0.4, 0.5) is 5.69 Å². The van der Waals surface area contributed by atoms with E-state index in [4.69, 9.17) is 4.74 Å². The lowest BCUT2D eigenvalue weighted by Crippen LogP contribution is -2.36. The van der Waals surface area contributed by atoms with Crippen molar-refractivity contribution in [3.8, 4) is 5.75 Å². The van der Waals surface area contributed by atoms with Gasteiger partial charge in [-0.25, -0.2) is 8.42 Å². The number of thiazole rings is 1. The fraction of sp³-hybridized carbons (Fsp3) is 0.286. The third-order valence-corrected chi connectivity index (χ3v) is 6.46. The molecule has 0 radical (unpaired) electrons. The van der Waals surface area contributed by atoms with Gasteiger partial charge in [-0.05, 0) is 35.9 Å². The van der Waals surface area contributed by atoms with Gasteiger partial charge in [0.05, 0.1) is 23.3 Å². The van der Waals surface area contributed by atoms with Crippen molar-refractivity contribution in [2.75, 3.05) is 31.9 Å². The molecule has 154 valence electrons. The largest absolute Gasteiger partial charge is 0.748 e. The van der Waals surface area contributed by atoms with E-state index in [2.05, 4.69) is 24.3 Å². The molecular weight excluding hydrogens is 408 g/mol. The van der Waals surface area contributed by atoms with E-state index in [0.29, 0.717) is 6.54 Å². The Morgan fingerprint density at radius 1 is 1.14 bits per heavy atom. The van der Waals surface area contributed by atoms with Crippen molar-refractivity contribution in [3.05, 3.63) is 53.0 Å². The van der Waals surface area contributed by atoms with E-state index < -0.39 is 10.1 Å². The summed E-state index contributed by atoms with van der Waals surface area (Å²) in [6, 6.07) is 14.0. The number of nitrogens with zero attached hydrogens (tertiary/aromatic N) is 2.